The van der Waals surface area contributed by atoms with E-state index in [2.05, 4.69) is 16.7 Å². The van der Waals surface area contributed by atoms with Gasteiger partial charge in [-0.05, 0) is 85.2 Å². The third kappa shape index (κ3) is 6.30. The maximum atomic E-state index is 13.4. The van der Waals surface area contributed by atoms with Crippen LogP contribution in [0.25, 0.3) is 0 Å². The van der Waals surface area contributed by atoms with Crippen LogP contribution in [-0.2, 0) is 28.9 Å². The highest BCUT2D eigenvalue weighted by atomic mass is 16.5. The van der Waals surface area contributed by atoms with Crippen LogP contribution in [0, 0.1) is 11.3 Å². The zero-order valence-corrected chi connectivity index (χ0v) is 20.4. The van der Waals surface area contributed by atoms with Crippen LogP contribution in [0.1, 0.15) is 35.1 Å². The van der Waals surface area contributed by atoms with Crippen molar-refractivity contribution < 1.29 is 14.3 Å². The van der Waals surface area contributed by atoms with Crippen LogP contribution in [0.4, 0.5) is 5.69 Å². The van der Waals surface area contributed by atoms with Crippen LogP contribution in [0.15, 0.2) is 72.8 Å². The second kappa shape index (κ2) is 11.5. The monoisotopic (exact) mass is 484 g/mol. The summed E-state index contributed by atoms with van der Waals surface area (Å²) < 4.78 is 5.36. The molecule has 0 spiro atoms. The number of anilines is 1. The van der Waals surface area contributed by atoms with Crippen molar-refractivity contribution in [1.82, 2.24) is 5.32 Å². The molecule has 1 aliphatic rings. The number of amides is 2. The van der Waals surface area contributed by atoms with Gasteiger partial charge in [-0.3, -0.25) is 15.0 Å². The van der Waals surface area contributed by atoms with Gasteiger partial charge in [0, 0.05) is 17.3 Å². The van der Waals surface area contributed by atoms with E-state index in [1.165, 1.54) is 11.1 Å². The topological polar surface area (TPSA) is 117 Å². The molecule has 36 heavy (non-hydrogen) atoms. The Hall–Kier alpha value is -4.13. The van der Waals surface area contributed by atoms with E-state index in [4.69, 9.17) is 15.9 Å². The van der Waals surface area contributed by atoms with E-state index in [1.807, 2.05) is 42.5 Å². The summed E-state index contributed by atoms with van der Waals surface area (Å²) in [5.41, 5.74) is 10.2. The normalized spacial score (nSPS) is 15.3. The molecule has 7 nitrogen and oxygen atoms in total. The Labute approximate surface area is 211 Å². The van der Waals surface area contributed by atoms with Gasteiger partial charge in [0.05, 0.1) is 7.11 Å². The maximum Gasteiger partial charge on any atom is 0.236 e. The average molecular weight is 485 g/mol. The van der Waals surface area contributed by atoms with Crippen molar-refractivity contribution in [2.75, 3.05) is 12.4 Å². The zero-order valence-electron chi connectivity index (χ0n) is 20.4. The predicted octanol–water partition coefficient (Wildman–Crippen LogP) is 3.84. The number of rotatable bonds is 9. The van der Waals surface area contributed by atoms with Gasteiger partial charge in [-0.2, -0.15) is 0 Å². The van der Waals surface area contributed by atoms with Gasteiger partial charge in [0.15, 0.2) is 0 Å². The quantitative estimate of drug-likeness (QED) is 0.210. The lowest BCUT2D eigenvalue weighted by molar-refractivity contribution is -0.133. The Bertz CT molecular complexity index is 1230. The van der Waals surface area contributed by atoms with Crippen LogP contribution in [0.5, 0.6) is 5.75 Å². The van der Waals surface area contributed by atoms with Crippen molar-refractivity contribution >= 4 is 23.3 Å². The van der Waals surface area contributed by atoms with E-state index in [9.17, 15) is 9.59 Å². The molecule has 0 radical (unpaired) electrons. The summed E-state index contributed by atoms with van der Waals surface area (Å²) in [6.07, 6.45) is 3.40. The number of fused-ring (bicyclic) bond motifs is 1. The highest BCUT2D eigenvalue weighted by molar-refractivity contribution is 6.06. The van der Waals surface area contributed by atoms with Crippen molar-refractivity contribution in [3.63, 3.8) is 0 Å². The van der Waals surface area contributed by atoms with E-state index in [0.717, 1.165) is 24.2 Å². The minimum absolute atomic E-state index is 0.0420. The first kappa shape index (κ1) is 25.0. The number of nitrogens with one attached hydrogen (secondary N) is 3. The van der Waals surface area contributed by atoms with Crippen molar-refractivity contribution in [2.24, 2.45) is 11.7 Å². The Kier molecular flexibility index (Phi) is 8.00. The summed E-state index contributed by atoms with van der Waals surface area (Å²) in [5.74, 6) is -0.697. The predicted molar refractivity (Wildman–Crippen MR) is 141 cm³/mol. The number of amidine groups is 1. The highest BCUT2D eigenvalue weighted by Crippen LogP contribution is 2.26. The molecule has 186 valence electrons. The molecule has 0 aliphatic heterocycles. The van der Waals surface area contributed by atoms with E-state index in [-0.39, 0.29) is 23.7 Å². The molecule has 0 saturated carbocycles. The summed E-state index contributed by atoms with van der Waals surface area (Å²) in [6, 6.07) is 22.6. The van der Waals surface area contributed by atoms with Gasteiger partial charge in [-0.25, -0.2) is 0 Å². The molecule has 5 N–H and O–H groups in total. The molecule has 0 heterocycles. The van der Waals surface area contributed by atoms with Crippen molar-refractivity contribution in [3.8, 4) is 5.75 Å². The number of methoxy groups -OCH3 is 1. The number of carbonyl (C=O) groups is 2. The summed E-state index contributed by atoms with van der Waals surface area (Å²) in [4.78, 5) is 26.7. The van der Waals surface area contributed by atoms with Gasteiger partial charge in [-0.15, -0.1) is 0 Å². The molecule has 0 fully saturated rings. The molecule has 3 aromatic carbocycles. The van der Waals surface area contributed by atoms with Crippen molar-refractivity contribution in [2.45, 2.75) is 38.1 Å². The fourth-order valence-electron chi connectivity index (χ4n) is 4.58. The van der Waals surface area contributed by atoms with Gasteiger partial charge >= 0.3 is 0 Å². The van der Waals surface area contributed by atoms with Crippen LogP contribution in [-0.4, -0.2) is 30.8 Å². The molecular formula is C29H32N4O3. The SMILES string of the molecule is COc1ccc2c(c1)C[C@@H](NC(=O)C(CCc1ccccc1)C(=O)Nc1ccc(C(=N)N)cc1)CC2. The number of hydrogen-bond acceptors (Lipinski definition) is 4. The molecule has 1 aliphatic carbocycles. The fourth-order valence-corrected chi connectivity index (χ4v) is 4.58. The molecular weight excluding hydrogens is 452 g/mol. The van der Waals surface area contributed by atoms with Crippen LogP contribution >= 0.6 is 0 Å². The maximum absolute atomic E-state index is 13.4. The first-order chi connectivity index (χ1) is 17.4. The van der Waals surface area contributed by atoms with Gasteiger partial charge in [0.25, 0.3) is 0 Å². The van der Waals surface area contributed by atoms with E-state index < -0.39 is 5.92 Å². The van der Waals surface area contributed by atoms with Gasteiger partial charge in [0.2, 0.25) is 11.8 Å². The number of benzene rings is 3. The van der Waals surface area contributed by atoms with Crippen molar-refractivity contribution in [3.05, 3.63) is 95.1 Å². The average Bonchev–Trinajstić information content (AvgIpc) is 2.89. The van der Waals surface area contributed by atoms with Crippen LogP contribution in [0.3, 0.4) is 0 Å². The van der Waals surface area contributed by atoms with Gasteiger partial charge in [0.1, 0.15) is 17.5 Å². The van der Waals surface area contributed by atoms with Crippen LogP contribution < -0.4 is 21.1 Å². The Morgan fingerprint density at radius 1 is 1.03 bits per heavy atom. The van der Waals surface area contributed by atoms with Gasteiger partial charge < -0.3 is 21.1 Å². The number of aryl methyl sites for hydroxylation is 2. The highest BCUT2D eigenvalue weighted by Gasteiger charge is 2.29. The molecule has 4 rings (SSSR count). The third-order valence-corrected chi connectivity index (χ3v) is 6.65. The second-order valence-corrected chi connectivity index (χ2v) is 9.14. The lowest BCUT2D eigenvalue weighted by Crippen LogP contribution is -2.45. The summed E-state index contributed by atoms with van der Waals surface area (Å²) in [6.45, 7) is 0. The molecule has 0 aromatic heterocycles. The summed E-state index contributed by atoms with van der Waals surface area (Å²) in [5, 5.41) is 13.5. The number of nitrogens with two attached hydrogens (primary N) is 1. The van der Waals surface area contributed by atoms with Gasteiger partial charge in [-0.1, -0.05) is 36.4 Å². The summed E-state index contributed by atoms with van der Waals surface area (Å²) >= 11 is 0. The molecule has 7 heteroatoms. The first-order valence-corrected chi connectivity index (χ1v) is 12.2. The first-order valence-electron chi connectivity index (χ1n) is 12.2. The largest absolute Gasteiger partial charge is 0.497 e. The Morgan fingerprint density at radius 3 is 2.47 bits per heavy atom. The number of nitrogen functional groups attached to an aromatic ring is 1. The summed E-state index contributed by atoms with van der Waals surface area (Å²) in [7, 11) is 1.65. The third-order valence-electron chi connectivity index (χ3n) is 6.65. The Balaban J connectivity index is 1.46. The standard InChI is InChI=1S/C29H32N4O3/c1-36-25-15-11-20-8-14-24(17-22(20)18-25)33-29(35)26(16-7-19-5-3-2-4-6-19)28(34)32-23-12-9-21(10-13-23)27(30)31/h2-6,9-13,15,18,24,26H,7-8,14,16-17H2,1H3,(H3,30,31)(H,32,34)(H,33,35)/t24-,26?/m0/s1. The lowest BCUT2D eigenvalue weighted by atomic mass is 9.87. The minimum atomic E-state index is -0.843. The zero-order chi connectivity index (χ0) is 25.5. The van der Waals surface area contributed by atoms with Crippen LogP contribution in [0.2, 0.25) is 0 Å². The molecule has 2 amide bonds. The minimum Gasteiger partial charge on any atom is -0.497 e. The number of ether oxygens (including phenoxy) is 1. The van der Waals surface area contributed by atoms with E-state index in [1.54, 1.807) is 31.4 Å². The number of carbonyl (C=O) groups excluding carboxylic acids is 2. The number of hydrogen-bond donors (Lipinski definition) is 4. The molecule has 0 saturated heterocycles. The van der Waals surface area contributed by atoms with E-state index >= 15 is 0 Å². The molecule has 0 bridgehead atoms. The Morgan fingerprint density at radius 2 is 1.78 bits per heavy atom. The van der Waals surface area contributed by atoms with E-state index in [0.29, 0.717) is 30.5 Å². The fraction of sp³-hybridized carbons (Fsp3) is 0.276. The molecule has 2 atom stereocenters. The van der Waals surface area contributed by atoms with Crippen molar-refractivity contribution in [1.29, 1.82) is 5.41 Å². The molecule has 1 unspecified atom stereocenters. The second-order valence-electron chi connectivity index (χ2n) is 9.14. The molecule has 3 aromatic rings. The lowest BCUT2D eigenvalue weighted by Gasteiger charge is -2.27. The smallest absolute Gasteiger partial charge is 0.236 e.